The lowest BCUT2D eigenvalue weighted by Crippen LogP contribution is -2.33. The maximum absolute atomic E-state index is 12.7. The fraction of sp³-hybridized carbons (Fsp3) is 0.471. The summed E-state index contributed by atoms with van der Waals surface area (Å²) in [6.07, 6.45) is 2.96. The molecular weight excluding hydrogens is 262 g/mol. The van der Waals surface area contributed by atoms with Gasteiger partial charge in [-0.3, -0.25) is 4.57 Å². The number of benzene rings is 1. The smallest absolute Gasteiger partial charge is 0.325 e. The van der Waals surface area contributed by atoms with Crippen LogP contribution in [0, 0.1) is 0 Å². The molecule has 2 rings (SSSR count). The van der Waals surface area contributed by atoms with Crippen molar-refractivity contribution in [1.82, 2.24) is 14.4 Å². The first kappa shape index (κ1) is 15.6. The Morgan fingerprint density at radius 1 is 1.14 bits per heavy atom. The number of aromatic nitrogens is 1. The largest absolute Gasteiger partial charge is 0.328 e. The van der Waals surface area contributed by atoms with E-state index in [9.17, 15) is 4.79 Å². The van der Waals surface area contributed by atoms with Gasteiger partial charge in [0.15, 0.2) is 0 Å². The average molecular weight is 287 g/mol. The summed E-state index contributed by atoms with van der Waals surface area (Å²) in [6, 6.07) is 8.22. The molecule has 0 unspecified atom stereocenters. The molecule has 4 nitrogen and oxygen atoms in total. The van der Waals surface area contributed by atoms with E-state index in [-0.39, 0.29) is 6.03 Å². The monoisotopic (exact) mass is 287 g/mol. The maximum Gasteiger partial charge on any atom is 0.328 e. The quantitative estimate of drug-likeness (QED) is 0.845. The second-order valence-electron chi connectivity index (χ2n) is 5.55. The Bertz CT molecular complexity index is 612. The van der Waals surface area contributed by atoms with Crippen LogP contribution < -0.4 is 0 Å². The van der Waals surface area contributed by atoms with E-state index < -0.39 is 0 Å². The molecule has 114 valence electrons. The zero-order chi connectivity index (χ0) is 15.4. The van der Waals surface area contributed by atoms with Crippen LogP contribution in [0.1, 0.15) is 19.4 Å². The Kier molecular flexibility index (Phi) is 5.02. The molecule has 0 bridgehead atoms. The van der Waals surface area contributed by atoms with Crippen LogP contribution in [-0.4, -0.2) is 54.1 Å². The molecule has 1 amide bonds. The van der Waals surface area contributed by atoms with E-state index in [0.717, 1.165) is 31.6 Å². The Balaban J connectivity index is 2.42. The highest BCUT2D eigenvalue weighted by molar-refractivity contribution is 5.93. The number of nitrogens with zero attached hydrogens (tertiary/aromatic N) is 3. The van der Waals surface area contributed by atoms with Crippen molar-refractivity contribution >= 4 is 16.9 Å². The number of carbonyl (C=O) groups is 1. The predicted octanol–water partition coefficient (Wildman–Crippen LogP) is 3.06. The van der Waals surface area contributed by atoms with E-state index in [1.165, 1.54) is 10.9 Å². The molecule has 1 aromatic heterocycles. The van der Waals surface area contributed by atoms with Crippen LogP contribution in [0.15, 0.2) is 30.5 Å². The van der Waals surface area contributed by atoms with Gasteiger partial charge in [-0.15, -0.1) is 0 Å². The van der Waals surface area contributed by atoms with Gasteiger partial charge in [0.05, 0.1) is 5.52 Å². The number of carbonyl (C=O) groups excluding carboxylic acids is 1. The minimum atomic E-state index is 0.0623. The number of hydrogen-bond acceptors (Lipinski definition) is 2. The lowest BCUT2D eigenvalue weighted by molar-refractivity contribution is 0.206. The maximum atomic E-state index is 12.7. The average Bonchev–Trinajstić information content (AvgIpc) is 2.85. The summed E-state index contributed by atoms with van der Waals surface area (Å²) in [5.41, 5.74) is 2.24. The molecule has 0 aliphatic heterocycles. The SMILES string of the molecule is CCN(CC)C(=O)n1cc(CCN(C)C)c2ccccc21. The third kappa shape index (κ3) is 3.27. The van der Waals surface area contributed by atoms with Gasteiger partial charge in [0.1, 0.15) is 0 Å². The standard InChI is InChI=1S/C17H25N3O/c1-5-19(6-2)17(21)20-13-14(11-12-18(3)4)15-9-7-8-10-16(15)20/h7-10,13H,5-6,11-12H2,1-4H3. The van der Waals surface area contributed by atoms with Gasteiger partial charge in [0.2, 0.25) is 0 Å². The van der Waals surface area contributed by atoms with Gasteiger partial charge in [-0.2, -0.15) is 0 Å². The van der Waals surface area contributed by atoms with Gasteiger partial charge in [-0.1, -0.05) is 18.2 Å². The van der Waals surface area contributed by atoms with E-state index in [0.29, 0.717) is 0 Å². The lowest BCUT2D eigenvalue weighted by Gasteiger charge is -2.19. The molecule has 4 heteroatoms. The van der Waals surface area contributed by atoms with Crippen LogP contribution in [-0.2, 0) is 6.42 Å². The summed E-state index contributed by atoms with van der Waals surface area (Å²) < 4.78 is 1.80. The van der Waals surface area contributed by atoms with Crippen LogP contribution in [0.2, 0.25) is 0 Å². The number of hydrogen-bond donors (Lipinski definition) is 0. The van der Waals surface area contributed by atoms with Gasteiger partial charge in [0.25, 0.3) is 0 Å². The summed E-state index contributed by atoms with van der Waals surface area (Å²) in [7, 11) is 4.14. The highest BCUT2D eigenvalue weighted by atomic mass is 16.2. The molecule has 0 radical (unpaired) electrons. The van der Waals surface area contributed by atoms with E-state index in [1.54, 1.807) is 4.57 Å². The molecule has 0 atom stereocenters. The molecule has 0 fully saturated rings. The fourth-order valence-corrected chi connectivity index (χ4v) is 2.60. The van der Waals surface area contributed by atoms with E-state index in [2.05, 4.69) is 25.1 Å². The number of rotatable bonds is 5. The van der Waals surface area contributed by atoms with Crippen molar-refractivity contribution < 1.29 is 4.79 Å². The zero-order valence-electron chi connectivity index (χ0n) is 13.5. The summed E-state index contributed by atoms with van der Waals surface area (Å²) in [6.45, 7) is 6.47. The molecule has 21 heavy (non-hydrogen) atoms. The van der Waals surface area contributed by atoms with Crippen LogP contribution in [0.3, 0.4) is 0 Å². The Morgan fingerprint density at radius 2 is 1.81 bits per heavy atom. The van der Waals surface area contributed by atoms with Gasteiger partial charge in [0, 0.05) is 31.2 Å². The summed E-state index contributed by atoms with van der Waals surface area (Å²) in [4.78, 5) is 16.7. The Labute approximate surface area is 126 Å². The zero-order valence-corrected chi connectivity index (χ0v) is 13.5. The molecule has 0 aliphatic carbocycles. The summed E-state index contributed by atoms with van der Waals surface area (Å²) in [5, 5.41) is 1.18. The van der Waals surface area contributed by atoms with Crippen LogP contribution in [0.5, 0.6) is 0 Å². The normalized spacial score (nSPS) is 11.3. The van der Waals surface area contributed by atoms with Crippen LogP contribution in [0.25, 0.3) is 10.9 Å². The van der Waals surface area contributed by atoms with E-state index in [1.807, 2.05) is 43.1 Å². The van der Waals surface area contributed by atoms with E-state index >= 15 is 0 Å². The fourth-order valence-electron chi connectivity index (χ4n) is 2.60. The summed E-state index contributed by atoms with van der Waals surface area (Å²) >= 11 is 0. The van der Waals surface area contributed by atoms with Crippen molar-refractivity contribution in [1.29, 1.82) is 0 Å². The molecule has 0 N–H and O–H groups in total. The number of likely N-dealkylation sites (N-methyl/N-ethyl adjacent to an activating group) is 1. The molecule has 2 aromatic rings. The van der Waals surface area contributed by atoms with Gasteiger partial charge >= 0.3 is 6.03 Å². The number of amides is 1. The Hall–Kier alpha value is -1.81. The van der Waals surface area contributed by atoms with Crippen molar-refractivity contribution in [2.24, 2.45) is 0 Å². The number of fused-ring (bicyclic) bond motifs is 1. The highest BCUT2D eigenvalue weighted by Gasteiger charge is 2.17. The molecule has 0 saturated heterocycles. The van der Waals surface area contributed by atoms with Crippen LogP contribution >= 0.6 is 0 Å². The first-order chi connectivity index (χ1) is 10.1. The van der Waals surface area contributed by atoms with Crippen LogP contribution in [0.4, 0.5) is 4.79 Å². The molecular formula is C17H25N3O. The van der Waals surface area contributed by atoms with Crippen molar-refractivity contribution in [2.75, 3.05) is 33.7 Å². The van der Waals surface area contributed by atoms with Gasteiger partial charge < -0.3 is 9.80 Å². The van der Waals surface area contributed by atoms with Gasteiger partial charge in [-0.25, -0.2) is 4.79 Å². The van der Waals surface area contributed by atoms with Gasteiger partial charge in [-0.05, 0) is 46.0 Å². The predicted molar refractivity (Wildman–Crippen MR) is 87.9 cm³/mol. The third-order valence-corrected chi connectivity index (χ3v) is 3.86. The minimum absolute atomic E-state index is 0.0623. The molecule has 1 heterocycles. The summed E-state index contributed by atoms with van der Waals surface area (Å²) in [5.74, 6) is 0. The van der Waals surface area contributed by atoms with Crippen molar-refractivity contribution in [2.45, 2.75) is 20.3 Å². The molecule has 0 saturated carbocycles. The first-order valence-corrected chi connectivity index (χ1v) is 7.61. The second-order valence-corrected chi connectivity index (χ2v) is 5.55. The molecule has 0 spiro atoms. The van der Waals surface area contributed by atoms with Crippen molar-refractivity contribution in [3.8, 4) is 0 Å². The topological polar surface area (TPSA) is 28.5 Å². The van der Waals surface area contributed by atoms with E-state index in [4.69, 9.17) is 0 Å². The molecule has 0 aliphatic rings. The first-order valence-electron chi connectivity index (χ1n) is 7.61. The Morgan fingerprint density at radius 3 is 2.43 bits per heavy atom. The minimum Gasteiger partial charge on any atom is -0.325 e. The number of para-hydroxylation sites is 1. The van der Waals surface area contributed by atoms with Crippen molar-refractivity contribution in [3.05, 3.63) is 36.0 Å². The second kappa shape index (κ2) is 6.76. The van der Waals surface area contributed by atoms with Crippen molar-refractivity contribution in [3.63, 3.8) is 0 Å². The third-order valence-electron chi connectivity index (χ3n) is 3.86. The molecule has 1 aromatic carbocycles. The highest BCUT2D eigenvalue weighted by Crippen LogP contribution is 2.22. The lowest BCUT2D eigenvalue weighted by atomic mass is 10.1.